The van der Waals surface area contributed by atoms with E-state index in [9.17, 15) is 0 Å². The minimum absolute atomic E-state index is 0.0276. The van der Waals surface area contributed by atoms with Crippen molar-refractivity contribution in [3.8, 4) is 0 Å². The fourth-order valence-electron chi connectivity index (χ4n) is 9.74. The zero-order valence-corrected chi connectivity index (χ0v) is 34.0. The molecule has 0 fully saturated rings. The van der Waals surface area contributed by atoms with E-state index >= 15 is 0 Å². The first kappa shape index (κ1) is 35.8. The smallest absolute Gasteiger partial charge is 0.0561 e. The van der Waals surface area contributed by atoms with Crippen molar-refractivity contribution >= 4 is 83.5 Å². The third-order valence-corrected chi connectivity index (χ3v) is 12.6. The van der Waals surface area contributed by atoms with Crippen LogP contribution in [0.1, 0.15) is 31.4 Å². The summed E-state index contributed by atoms with van der Waals surface area (Å²) in [5.41, 5.74) is 13.0. The molecule has 0 heterocycles. The number of nitrogens with zero attached hydrogens (tertiary/aromatic N) is 3. The van der Waals surface area contributed by atoms with Gasteiger partial charge in [0.05, 0.1) is 17.1 Å². The molecule has 0 spiro atoms. The van der Waals surface area contributed by atoms with Crippen LogP contribution in [0.5, 0.6) is 0 Å². The first-order chi connectivity index (χ1) is 29.5. The Hall–Kier alpha value is -7.36. The van der Waals surface area contributed by atoms with Gasteiger partial charge in [0.15, 0.2) is 0 Å². The number of anilines is 9. The fraction of sp³-hybridized carbons (Fsp3) is 0.0877. The highest BCUT2D eigenvalue weighted by atomic mass is 15.2. The van der Waals surface area contributed by atoms with Gasteiger partial charge in [0.25, 0.3) is 0 Å². The molecule has 0 atom stereocenters. The van der Waals surface area contributed by atoms with Gasteiger partial charge in [-0.05, 0) is 126 Å². The van der Waals surface area contributed by atoms with Crippen LogP contribution >= 0.6 is 0 Å². The molecule has 0 aliphatic heterocycles. The fourth-order valence-corrected chi connectivity index (χ4v) is 9.74. The molecule has 3 heteroatoms. The van der Waals surface area contributed by atoms with Gasteiger partial charge in [-0.3, -0.25) is 0 Å². The molecule has 3 nitrogen and oxygen atoms in total. The molecule has 10 aromatic carbocycles. The summed E-state index contributed by atoms with van der Waals surface area (Å²) >= 11 is 0. The summed E-state index contributed by atoms with van der Waals surface area (Å²) in [7, 11) is 0. The number of rotatable bonds is 9. The normalized spacial score (nSPS) is 13.2. The maximum atomic E-state index is 2.56. The summed E-state index contributed by atoms with van der Waals surface area (Å²) in [5.74, 6) is 0. The standard InChI is InChI=1S/C57H45N3/c1-57(2)36-35-40-37-51(58(41-21-9-3-10-22-41)42-23-11-4-12-24-42)48-34-33-47-52(59(43-25-13-5-14-26-43)44-27-15-6-16-28-44)39-53(49-38-50(57)54(40)56(48)55(47)49)60(45-29-17-7-18-30-45)46-31-19-8-20-32-46/h3-34,37-39H,35-36H2,1-2H3. The second-order valence-corrected chi connectivity index (χ2v) is 16.6. The Morgan fingerprint density at radius 1 is 0.333 bits per heavy atom. The average molecular weight is 772 g/mol. The van der Waals surface area contributed by atoms with Crippen molar-refractivity contribution in [2.45, 2.75) is 32.1 Å². The molecular formula is C57H45N3. The first-order valence-electron chi connectivity index (χ1n) is 21.1. The number of aryl methyl sites for hydroxylation is 1. The molecule has 60 heavy (non-hydrogen) atoms. The van der Waals surface area contributed by atoms with Gasteiger partial charge in [-0.1, -0.05) is 135 Å². The molecule has 1 aliphatic rings. The van der Waals surface area contributed by atoms with Crippen LogP contribution in [0.3, 0.4) is 0 Å². The van der Waals surface area contributed by atoms with Crippen LogP contribution in [0, 0.1) is 0 Å². The summed E-state index contributed by atoms with van der Waals surface area (Å²) in [6.07, 6.45) is 2.08. The Labute approximate surface area is 352 Å². The maximum Gasteiger partial charge on any atom is 0.0561 e. The van der Waals surface area contributed by atoms with Crippen LogP contribution in [0.15, 0.2) is 212 Å². The molecule has 0 amide bonds. The van der Waals surface area contributed by atoms with E-state index in [1.54, 1.807) is 0 Å². The quantitative estimate of drug-likeness (QED) is 0.135. The Morgan fingerprint density at radius 2 is 0.667 bits per heavy atom. The van der Waals surface area contributed by atoms with Gasteiger partial charge in [0, 0.05) is 61.1 Å². The topological polar surface area (TPSA) is 9.72 Å². The molecule has 0 unspecified atom stereocenters. The van der Waals surface area contributed by atoms with Gasteiger partial charge in [-0.25, -0.2) is 0 Å². The van der Waals surface area contributed by atoms with Crippen LogP contribution in [0.25, 0.3) is 32.3 Å². The summed E-state index contributed by atoms with van der Waals surface area (Å²) in [6.45, 7) is 4.89. The second-order valence-electron chi connectivity index (χ2n) is 16.6. The molecule has 0 saturated heterocycles. The van der Waals surface area contributed by atoms with Crippen molar-refractivity contribution in [3.05, 3.63) is 223 Å². The molecule has 288 valence electrons. The van der Waals surface area contributed by atoms with Crippen LogP contribution in [-0.4, -0.2) is 0 Å². The van der Waals surface area contributed by atoms with E-state index in [-0.39, 0.29) is 5.41 Å². The van der Waals surface area contributed by atoms with Crippen LogP contribution in [-0.2, 0) is 11.8 Å². The Morgan fingerprint density at radius 3 is 1.05 bits per heavy atom. The Bertz CT molecular complexity index is 2980. The van der Waals surface area contributed by atoms with Gasteiger partial charge >= 0.3 is 0 Å². The van der Waals surface area contributed by atoms with Gasteiger partial charge in [0.2, 0.25) is 0 Å². The molecule has 0 radical (unpaired) electrons. The second kappa shape index (κ2) is 14.5. The van der Waals surface area contributed by atoms with Crippen LogP contribution < -0.4 is 14.7 Å². The van der Waals surface area contributed by atoms with Crippen LogP contribution in [0.2, 0.25) is 0 Å². The lowest BCUT2D eigenvalue weighted by molar-refractivity contribution is 0.475. The van der Waals surface area contributed by atoms with Crippen molar-refractivity contribution < 1.29 is 0 Å². The van der Waals surface area contributed by atoms with E-state index < -0.39 is 0 Å². The predicted octanol–water partition coefficient (Wildman–Crippen LogP) is 16.2. The number of hydrogen-bond acceptors (Lipinski definition) is 3. The number of para-hydroxylation sites is 6. The van der Waals surface area contributed by atoms with E-state index in [1.165, 1.54) is 49.1 Å². The molecule has 0 saturated carbocycles. The third-order valence-electron chi connectivity index (χ3n) is 12.6. The largest absolute Gasteiger partial charge is 0.310 e. The minimum atomic E-state index is -0.0276. The van der Waals surface area contributed by atoms with E-state index in [4.69, 9.17) is 0 Å². The Kier molecular flexibility index (Phi) is 8.63. The summed E-state index contributed by atoms with van der Waals surface area (Å²) in [5, 5.41) is 7.75. The lowest BCUT2D eigenvalue weighted by Crippen LogP contribution is -2.24. The minimum Gasteiger partial charge on any atom is -0.310 e. The monoisotopic (exact) mass is 771 g/mol. The molecule has 0 N–H and O–H groups in total. The molecule has 1 aliphatic carbocycles. The van der Waals surface area contributed by atoms with Crippen molar-refractivity contribution in [1.29, 1.82) is 0 Å². The van der Waals surface area contributed by atoms with E-state index in [0.29, 0.717) is 0 Å². The van der Waals surface area contributed by atoms with Crippen molar-refractivity contribution in [3.63, 3.8) is 0 Å². The van der Waals surface area contributed by atoms with E-state index in [0.717, 1.165) is 58.3 Å². The van der Waals surface area contributed by atoms with Gasteiger partial charge < -0.3 is 14.7 Å². The molecule has 0 bridgehead atoms. The Balaban J connectivity index is 1.34. The lowest BCUT2D eigenvalue weighted by atomic mass is 9.70. The molecule has 11 rings (SSSR count). The average Bonchev–Trinajstić information content (AvgIpc) is 3.30. The summed E-state index contributed by atoms with van der Waals surface area (Å²) < 4.78 is 0. The van der Waals surface area contributed by atoms with Gasteiger partial charge in [-0.2, -0.15) is 0 Å². The van der Waals surface area contributed by atoms with E-state index in [1.807, 2.05) is 0 Å². The lowest BCUT2D eigenvalue weighted by Gasteiger charge is -2.37. The maximum absolute atomic E-state index is 2.56. The predicted molar refractivity (Wildman–Crippen MR) is 256 cm³/mol. The number of benzene rings is 10. The van der Waals surface area contributed by atoms with Gasteiger partial charge in [0.1, 0.15) is 0 Å². The highest BCUT2D eigenvalue weighted by molar-refractivity contribution is 6.32. The van der Waals surface area contributed by atoms with Crippen molar-refractivity contribution in [2.75, 3.05) is 14.7 Å². The SMILES string of the molecule is CC1(C)CCc2cc(N(c3ccccc3)c3ccccc3)c3ccc4c(N(c5ccccc5)c5ccccc5)cc(N(c5ccccc5)c5ccccc5)c5cc1c2c3c45. The summed E-state index contributed by atoms with van der Waals surface area (Å²) in [6, 6.07) is 77.5. The van der Waals surface area contributed by atoms with Crippen molar-refractivity contribution in [2.24, 2.45) is 0 Å². The number of hydrogen-bond donors (Lipinski definition) is 0. The van der Waals surface area contributed by atoms with Crippen LogP contribution in [0.4, 0.5) is 51.2 Å². The summed E-state index contributed by atoms with van der Waals surface area (Å²) in [4.78, 5) is 7.38. The first-order valence-corrected chi connectivity index (χ1v) is 21.1. The highest BCUT2D eigenvalue weighted by Gasteiger charge is 2.34. The molecular weight excluding hydrogens is 727 g/mol. The zero-order valence-electron chi connectivity index (χ0n) is 34.0. The zero-order chi connectivity index (χ0) is 40.2. The van der Waals surface area contributed by atoms with Gasteiger partial charge in [-0.15, -0.1) is 0 Å². The van der Waals surface area contributed by atoms with Crippen molar-refractivity contribution in [1.82, 2.24) is 0 Å². The molecule has 0 aromatic heterocycles. The van der Waals surface area contributed by atoms with E-state index in [2.05, 4.69) is 241 Å². The molecule has 10 aromatic rings. The third kappa shape index (κ3) is 5.88. The highest BCUT2D eigenvalue weighted by Crippen LogP contribution is 2.55.